The van der Waals surface area contributed by atoms with Gasteiger partial charge in [-0.15, -0.1) is 0 Å². The van der Waals surface area contributed by atoms with E-state index < -0.39 is 21.6 Å². The van der Waals surface area contributed by atoms with Crippen LogP contribution in [-0.4, -0.2) is 64.5 Å². The molecule has 0 unspecified atom stereocenters. The number of nitrogens with one attached hydrogen (secondary N) is 2. The second-order valence-electron chi connectivity index (χ2n) is 10.5. The third-order valence-corrected chi connectivity index (χ3v) is 9.19. The quantitative estimate of drug-likeness (QED) is 0.287. The van der Waals surface area contributed by atoms with Crippen LogP contribution in [0.15, 0.2) is 49.3 Å². The van der Waals surface area contributed by atoms with Crippen LogP contribution in [0, 0.1) is 5.95 Å². The van der Waals surface area contributed by atoms with Gasteiger partial charge in [0.05, 0.1) is 46.9 Å². The number of hydrogen-bond donors (Lipinski definition) is 3. The lowest BCUT2D eigenvalue weighted by molar-refractivity contribution is 0.0196. The number of rotatable bonds is 8. The van der Waals surface area contributed by atoms with Crippen LogP contribution < -0.4 is 10.6 Å². The summed E-state index contributed by atoms with van der Waals surface area (Å²) in [6, 6.07) is 3.61. The Morgan fingerprint density at radius 1 is 1.02 bits per heavy atom. The van der Waals surface area contributed by atoms with E-state index in [1.165, 1.54) is 18.6 Å². The van der Waals surface area contributed by atoms with E-state index in [9.17, 15) is 17.9 Å². The summed E-state index contributed by atoms with van der Waals surface area (Å²) in [5.74, 6) is 0.576. The van der Waals surface area contributed by atoms with Crippen LogP contribution in [0.1, 0.15) is 45.4 Å². The molecule has 0 spiro atoms. The van der Waals surface area contributed by atoms with Gasteiger partial charge < -0.3 is 15.7 Å². The molecule has 0 radical (unpaired) electrons. The molecule has 2 fully saturated rings. The lowest BCUT2D eigenvalue weighted by atomic mass is 9.83. The molecular formula is C26H28FN9O3S. The second kappa shape index (κ2) is 10.2. The molecule has 2 aliphatic carbocycles. The van der Waals surface area contributed by atoms with Crippen LogP contribution in [0.3, 0.4) is 0 Å². The van der Waals surface area contributed by atoms with E-state index in [0.717, 1.165) is 28.8 Å². The maximum atomic E-state index is 13.4. The van der Waals surface area contributed by atoms with E-state index in [0.29, 0.717) is 60.0 Å². The Hall–Kier alpha value is -4.04. The molecule has 208 valence electrons. The molecule has 3 N–H and O–H groups in total. The van der Waals surface area contributed by atoms with Crippen LogP contribution >= 0.6 is 0 Å². The second-order valence-corrected chi connectivity index (χ2v) is 12.6. The normalized spacial score (nSPS) is 21.2. The number of aromatic nitrogens is 7. The lowest BCUT2D eigenvalue weighted by Gasteiger charge is -2.34. The summed E-state index contributed by atoms with van der Waals surface area (Å²) in [6.45, 7) is 1.85. The summed E-state index contributed by atoms with van der Waals surface area (Å²) < 4.78 is 39.4. The number of nitrogens with zero attached hydrogens (tertiary/aromatic N) is 7. The van der Waals surface area contributed by atoms with E-state index in [2.05, 4.69) is 40.7 Å². The van der Waals surface area contributed by atoms with Crippen molar-refractivity contribution >= 4 is 27.3 Å². The minimum atomic E-state index is -3.49. The van der Waals surface area contributed by atoms with Crippen LogP contribution in [-0.2, 0) is 10.0 Å². The van der Waals surface area contributed by atoms with E-state index >= 15 is 0 Å². The molecule has 0 atom stereocenters. The first kappa shape index (κ1) is 26.2. The molecule has 4 aromatic heterocycles. The van der Waals surface area contributed by atoms with Crippen molar-refractivity contribution in [2.24, 2.45) is 0 Å². The van der Waals surface area contributed by atoms with E-state index in [-0.39, 0.29) is 11.3 Å². The van der Waals surface area contributed by atoms with Crippen molar-refractivity contribution in [1.29, 1.82) is 0 Å². The van der Waals surface area contributed by atoms with Gasteiger partial charge in [0.2, 0.25) is 5.95 Å². The molecule has 2 aliphatic rings. The number of anilines is 3. The Morgan fingerprint density at radius 2 is 1.82 bits per heavy atom. The zero-order valence-corrected chi connectivity index (χ0v) is 22.5. The van der Waals surface area contributed by atoms with Crippen molar-refractivity contribution in [2.75, 3.05) is 10.6 Å². The Labute approximate surface area is 230 Å². The first-order valence-electron chi connectivity index (χ1n) is 13.0. The number of pyridine rings is 1. The van der Waals surface area contributed by atoms with Crippen LogP contribution in [0.2, 0.25) is 0 Å². The van der Waals surface area contributed by atoms with Crippen molar-refractivity contribution in [3.63, 3.8) is 0 Å². The highest BCUT2D eigenvalue weighted by Gasteiger charge is 2.37. The van der Waals surface area contributed by atoms with Crippen LogP contribution in [0.25, 0.3) is 22.6 Å². The maximum absolute atomic E-state index is 13.4. The van der Waals surface area contributed by atoms with Crippen LogP contribution in [0.5, 0.6) is 0 Å². The molecule has 0 amide bonds. The zero-order chi connectivity index (χ0) is 27.9. The predicted octanol–water partition coefficient (Wildman–Crippen LogP) is 3.52. The van der Waals surface area contributed by atoms with Crippen molar-refractivity contribution in [2.45, 2.75) is 62.3 Å². The highest BCUT2D eigenvalue weighted by Crippen LogP contribution is 2.34. The number of hydrogen-bond acceptors (Lipinski definition) is 11. The van der Waals surface area contributed by atoms with Gasteiger partial charge in [-0.3, -0.25) is 0 Å². The van der Waals surface area contributed by atoms with Gasteiger partial charge >= 0.3 is 0 Å². The molecular weight excluding hydrogens is 537 g/mol. The van der Waals surface area contributed by atoms with Crippen LogP contribution in [0.4, 0.5) is 21.7 Å². The standard InChI is InChI=1S/C26H28FN9O3S/c1-26(37)7-4-17(5-8-26)33-20-10-24(31-12-19(20)21-13-30-22(27)14-29-21)34-23-6-9-28-25(35-23)16-11-32-36(15-16)40(38,39)18-2-3-18/h6,9-15,17-18,37H,2-5,7-8H2,1H3,(H2,28,31,33,34,35). The van der Waals surface area contributed by atoms with Crippen molar-refractivity contribution in [3.05, 3.63) is 55.3 Å². The first-order chi connectivity index (χ1) is 19.2. The van der Waals surface area contributed by atoms with Crippen molar-refractivity contribution in [3.8, 4) is 22.6 Å². The molecule has 4 aromatic rings. The van der Waals surface area contributed by atoms with Crippen molar-refractivity contribution in [1.82, 2.24) is 34.1 Å². The molecule has 4 heterocycles. The van der Waals surface area contributed by atoms with E-state index in [1.54, 1.807) is 18.5 Å². The smallest absolute Gasteiger partial charge is 0.256 e. The molecule has 0 bridgehead atoms. The van der Waals surface area contributed by atoms with Gasteiger partial charge in [-0.1, -0.05) is 0 Å². The molecule has 14 heteroatoms. The maximum Gasteiger partial charge on any atom is 0.256 e. The summed E-state index contributed by atoms with van der Waals surface area (Å²) in [5.41, 5.74) is 1.65. The Morgan fingerprint density at radius 3 is 2.55 bits per heavy atom. The van der Waals surface area contributed by atoms with Gasteiger partial charge in [0.1, 0.15) is 11.6 Å². The summed E-state index contributed by atoms with van der Waals surface area (Å²) >= 11 is 0. The van der Waals surface area contributed by atoms with Gasteiger partial charge in [-0.2, -0.15) is 13.6 Å². The Bertz CT molecular complexity index is 1630. The van der Waals surface area contributed by atoms with Crippen molar-refractivity contribution < 1.29 is 17.9 Å². The molecule has 0 saturated heterocycles. The highest BCUT2D eigenvalue weighted by atomic mass is 32.2. The molecule has 12 nitrogen and oxygen atoms in total. The monoisotopic (exact) mass is 565 g/mol. The van der Waals surface area contributed by atoms with Gasteiger partial charge in [0, 0.05) is 35.8 Å². The average Bonchev–Trinajstić information content (AvgIpc) is 3.68. The average molecular weight is 566 g/mol. The number of aliphatic hydroxyl groups is 1. The topological polar surface area (TPSA) is 161 Å². The molecule has 40 heavy (non-hydrogen) atoms. The molecule has 2 saturated carbocycles. The predicted molar refractivity (Wildman–Crippen MR) is 146 cm³/mol. The molecule has 0 aromatic carbocycles. The van der Waals surface area contributed by atoms with Gasteiger partial charge in [0.15, 0.2) is 5.82 Å². The van der Waals surface area contributed by atoms with E-state index in [1.807, 2.05) is 13.0 Å². The lowest BCUT2D eigenvalue weighted by Crippen LogP contribution is -2.35. The third-order valence-electron chi connectivity index (χ3n) is 7.16. The largest absolute Gasteiger partial charge is 0.390 e. The first-order valence-corrected chi connectivity index (χ1v) is 14.5. The minimum absolute atomic E-state index is 0.122. The Balaban J connectivity index is 1.26. The summed E-state index contributed by atoms with van der Waals surface area (Å²) in [5, 5.41) is 20.7. The SMILES string of the molecule is CC1(O)CCC(Nc2cc(Nc3ccnc(-c4cnn(S(=O)(=O)C5CC5)c4)n3)ncc2-c2cnc(F)cn2)CC1. The van der Waals surface area contributed by atoms with Gasteiger partial charge in [0.25, 0.3) is 10.0 Å². The summed E-state index contributed by atoms with van der Waals surface area (Å²) in [7, 11) is -3.49. The molecule has 0 aliphatic heterocycles. The molecule has 6 rings (SSSR count). The third kappa shape index (κ3) is 5.63. The van der Waals surface area contributed by atoms with Gasteiger partial charge in [-0.25, -0.2) is 33.3 Å². The fraction of sp³-hybridized carbons (Fsp3) is 0.385. The van der Waals surface area contributed by atoms with Gasteiger partial charge in [-0.05, 0) is 51.5 Å². The Kier molecular flexibility index (Phi) is 6.66. The fourth-order valence-corrected chi connectivity index (χ4v) is 6.16. The minimum Gasteiger partial charge on any atom is -0.390 e. The zero-order valence-electron chi connectivity index (χ0n) is 21.7. The fourth-order valence-electron chi connectivity index (χ4n) is 4.68. The highest BCUT2D eigenvalue weighted by molar-refractivity contribution is 7.90. The number of halogens is 1. The summed E-state index contributed by atoms with van der Waals surface area (Å²) in [4.78, 5) is 21.2. The summed E-state index contributed by atoms with van der Waals surface area (Å²) in [6.07, 6.45) is 12.7. The van der Waals surface area contributed by atoms with E-state index in [4.69, 9.17) is 0 Å².